The van der Waals surface area contributed by atoms with Crippen LogP contribution in [0.25, 0.3) is 21.9 Å². The average Bonchev–Trinajstić information content (AvgIpc) is 2.83. The van der Waals surface area contributed by atoms with E-state index in [-0.39, 0.29) is 0 Å². The molecule has 0 aliphatic carbocycles. The summed E-state index contributed by atoms with van der Waals surface area (Å²) in [4.78, 5) is 9.28. The highest BCUT2D eigenvalue weighted by Crippen LogP contribution is 2.33. The number of aromatic nitrogens is 3. The van der Waals surface area contributed by atoms with Crippen LogP contribution < -0.4 is 0 Å². The molecule has 4 nitrogen and oxygen atoms in total. The van der Waals surface area contributed by atoms with Gasteiger partial charge < -0.3 is 9.30 Å². The van der Waals surface area contributed by atoms with Crippen LogP contribution in [0.3, 0.4) is 0 Å². The molecule has 3 aromatic rings. The smallest absolute Gasteiger partial charge is 0.108 e. The SMILES string of the molecule is Cc1nc2cnc3ccc(Br)cc3c2n1C1CCOC(C)C1. The van der Waals surface area contributed by atoms with Crippen LogP contribution in [-0.2, 0) is 4.74 Å². The molecule has 1 fully saturated rings. The van der Waals surface area contributed by atoms with Gasteiger partial charge in [-0.05, 0) is 44.9 Å². The summed E-state index contributed by atoms with van der Waals surface area (Å²) < 4.78 is 9.17. The number of nitrogens with zero attached hydrogens (tertiary/aromatic N) is 3. The highest BCUT2D eigenvalue weighted by molar-refractivity contribution is 9.10. The highest BCUT2D eigenvalue weighted by Gasteiger charge is 2.24. The molecule has 114 valence electrons. The molecule has 2 aromatic heterocycles. The number of benzene rings is 1. The lowest BCUT2D eigenvalue weighted by Gasteiger charge is -2.29. The first-order chi connectivity index (χ1) is 10.6. The second kappa shape index (κ2) is 5.32. The van der Waals surface area contributed by atoms with Crippen molar-refractivity contribution >= 4 is 37.9 Å². The molecular weight excluding hydrogens is 342 g/mol. The molecule has 3 heterocycles. The van der Waals surface area contributed by atoms with Gasteiger partial charge in [0.05, 0.1) is 23.3 Å². The van der Waals surface area contributed by atoms with E-state index in [1.807, 2.05) is 12.3 Å². The molecule has 0 saturated carbocycles. The highest BCUT2D eigenvalue weighted by atomic mass is 79.9. The van der Waals surface area contributed by atoms with Crippen LogP contribution in [0.4, 0.5) is 0 Å². The van der Waals surface area contributed by atoms with Crippen molar-refractivity contribution in [2.45, 2.75) is 38.8 Å². The van der Waals surface area contributed by atoms with E-state index in [1.165, 1.54) is 5.52 Å². The van der Waals surface area contributed by atoms with E-state index in [4.69, 9.17) is 9.72 Å². The van der Waals surface area contributed by atoms with Crippen LogP contribution in [0, 0.1) is 6.92 Å². The lowest BCUT2D eigenvalue weighted by atomic mass is 10.0. The third-order valence-corrected chi connectivity index (χ3v) is 4.97. The Bertz CT molecular complexity index is 858. The van der Waals surface area contributed by atoms with E-state index in [2.05, 4.69) is 51.5 Å². The standard InChI is InChI=1S/C17H18BrN3O/c1-10-7-13(5-6-22-10)21-11(2)20-16-9-19-15-4-3-12(18)8-14(15)17(16)21/h3-4,8-10,13H,5-7H2,1-2H3. The Kier molecular flexibility index (Phi) is 3.42. The number of hydrogen-bond donors (Lipinski definition) is 0. The number of halogens is 1. The third kappa shape index (κ3) is 2.23. The van der Waals surface area contributed by atoms with E-state index in [0.29, 0.717) is 12.1 Å². The second-order valence-electron chi connectivity index (χ2n) is 6.04. The topological polar surface area (TPSA) is 39.9 Å². The van der Waals surface area contributed by atoms with Crippen LogP contribution >= 0.6 is 15.9 Å². The van der Waals surface area contributed by atoms with Gasteiger partial charge in [-0.2, -0.15) is 0 Å². The van der Waals surface area contributed by atoms with Crippen molar-refractivity contribution in [3.63, 3.8) is 0 Å². The first-order valence-electron chi connectivity index (χ1n) is 7.68. The molecule has 5 heteroatoms. The van der Waals surface area contributed by atoms with Crippen LogP contribution in [0.15, 0.2) is 28.9 Å². The van der Waals surface area contributed by atoms with Crippen LogP contribution in [0.5, 0.6) is 0 Å². The van der Waals surface area contributed by atoms with Gasteiger partial charge >= 0.3 is 0 Å². The molecule has 4 rings (SSSR count). The van der Waals surface area contributed by atoms with Gasteiger partial charge in [-0.15, -0.1) is 0 Å². The Hall–Kier alpha value is -1.46. The number of hydrogen-bond acceptors (Lipinski definition) is 3. The second-order valence-corrected chi connectivity index (χ2v) is 6.96. The summed E-state index contributed by atoms with van der Waals surface area (Å²) in [6.07, 6.45) is 4.26. The Balaban J connectivity index is 2.00. The number of ether oxygens (including phenoxy) is 1. The molecule has 2 unspecified atom stereocenters. The van der Waals surface area contributed by atoms with Gasteiger partial charge in [0.25, 0.3) is 0 Å². The first kappa shape index (κ1) is 14.2. The Morgan fingerprint density at radius 3 is 3.00 bits per heavy atom. The third-order valence-electron chi connectivity index (χ3n) is 4.48. The molecule has 1 aliphatic rings. The van der Waals surface area contributed by atoms with Gasteiger partial charge in [-0.1, -0.05) is 15.9 Å². The van der Waals surface area contributed by atoms with Crippen LogP contribution in [0.1, 0.15) is 31.6 Å². The lowest BCUT2D eigenvalue weighted by molar-refractivity contribution is 0.00640. The lowest BCUT2D eigenvalue weighted by Crippen LogP contribution is -2.26. The molecule has 1 aliphatic heterocycles. The number of fused-ring (bicyclic) bond motifs is 3. The van der Waals surface area contributed by atoms with Gasteiger partial charge in [0.2, 0.25) is 0 Å². The first-order valence-corrected chi connectivity index (χ1v) is 8.47. The maximum Gasteiger partial charge on any atom is 0.108 e. The van der Waals surface area contributed by atoms with E-state index in [9.17, 15) is 0 Å². The Morgan fingerprint density at radius 1 is 1.32 bits per heavy atom. The number of aryl methyl sites for hydroxylation is 1. The maximum absolute atomic E-state index is 5.71. The zero-order chi connectivity index (χ0) is 15.3. The number of pyridine rings is 1. The predicted octanol–water partition coefficient (Wildman–Crippen LogP) is 4.40. The zero-order valence-electron chi connectivity index (χ0n) is 12.7. The van der Waals surface area contributed by atoms with Crippen molar-refractivity contribution in [2.24, 2.45) is 0 Å². The van der Waals surface area contributed by atoms with Crippen LogP contribution in [-0.4, -0.2) is 27.2 Å². The van der Waals surface area contributed by atoms with E-state index < -0.39 is 0 Å². The van der Waals surface area contributed by atoms with Crippen molar-refractivity contribution < 1.29 is 4.74 Å². The molecule has 2 atom stereocenters. The number of rotatable bonds is 1. The molecule has 1 aromatic carbocycles. The molecule has 0 amide bonds. The van der Waals surface area contributed by atoms with Crippen molar-refractivity contribution in [3.05, 3.63) is 34.7 Å². The van der Waals surface area contributed by atoms with Crippen molar-refractivity contribution in [1.29, 1.82) is 0 Å². The van der Waals surface area contributed by atoms with Gasteiger partial charge in [0, 0.05) is 22.5 Å². The van der Waals surface area contributed by atoms with Gasteiger partial charge in [-0.25, -0.2) is 4.98 Å². The molecule has 0 radical (unpaired) electrons. The molecule has 0 spiro atoms. The fourth-order valence-corrected chi connectivity index (χ4v) is 3.88. The maximum atomic E-state index is 5.71. The van der Waals surface area contributed by atoms with Crippen molar-refractivity contribution in [3.8, 4) is 0 Å². The summed E-state index contributed by atoms with van der Waals surface area (Å²) in [5.41, 5.74) is 3.18. The summed E-state index contributed by atoms with van der Waals surface area (Å²) in [7, 11) is 0. The molecule has 0 N–H and O–H groups in total. The fourth-order valence-electron chi connectivity index (χ4n) is 3.52. The summed E-state index contributed by atoms with van der Waals surface area (Å²) >= 11 is 3.58. The summed E-state index contributed by atoms with van der Waals surface area (Å²) in [5.74, 6) is 1.06. The van der Waals surface area contributed by atoms with E-state index >= 15 is 0 Å². The zero-order valence-corrected chi connectivity index (χ0v) is 14.3. The molecular formula is C17H18BrN3O. The summed E-state index contributed by atoms with van der Waals surface area (Å²) in [6.45, 7) is 5.05. The minimum Gasteiger partial charge on any atom is -0.378 e. The number of imidazole rings is 1. The molecule has 1 saturated heterocycles. The minimum atomic E-state index is 0.301. The monoisotopic (exact) mass is 359 g/mol. The molecule has 22 heavy (non-hydrogen) atoms. The Morgan fingerprint density at radius 2 is 2.18 bits per heavy atom. The van der Waals surface area contributed by atoms with Crippen molar-refractivity contribution in [1.82, 2.24) is 14.5 Å². The minimum absolute atomic E-state index is 0.301. The normalized spacial score (nSPS) is 22.5. The quantitative estimate of drug-likeness (QED) is 0.646. The van der Waals surface area contributed by atoms with E-state index in [0.717, 1.165) is 46.2 Å². The molecule has 0 bridgehead atoms. The van der Waals surface area contributed by atoms with Gasteiger partial charge in [-0.3, -0.25) is 4.98 Å². The van der Waals surface area contributed by atoms with Gasteiger partial charge in [0.1, 0.15) is 11.3 Å². The Labute approximate surface area is 137 Å². The predicted molar refractivity (Wildman–Crippen MR) is 91.2 cm³/mol. The summed E-state index contributed by atoms with van der Waals surface area (Å²) in [6, 6.07) is 6.67. The van der Waals surface area contributed by atoms with E-state index in [1.54, 1.807) is 0 Å². The van der Waals surface area contributed by atoms with Crippen LogP contribution in [0.2, 0.25) is 0 Å². The largest absolute Gasteiger partial charge is 0.378 e. The van der Waals surface area contributed by atoms with Crippen molar-refractivity contribution in [2.75, 3.05) is 6.61 Å². The fraction of sp³-hybridized carbons (Fsp3) is 0.412. The summed E-state index contributed by atoms with van der Waals surface area (Å²) in [5, 5.41) is 1.16. The average molecular weight is 360 g/mol. The van der Waals surface area contributed by atoms with Gasteiger partial charge in [0.15, 0.2) is 0 Å².